The van der Waals surface area contributed by atoms with Crippen LogP contribution in [-0.4, -0.2) is 57.1 Å². The Labute approximate surface area is 233 Å². The molecule has 3 rings (SSSR count). The molecule has 2 aromatic rings. The fraction of sp³-hybridized carbons (Fsp3) is 0.429. The second kappa shape index (κ2) is 13.5. The lowest BCUT2D eigenvalue weighted by Crippen LogP contribution is -2.47. The summed E-state index contributed by atoms with van der Waals surface area (Å²) in [6.45, 7) is 11.1. The molecule has 0 fully saturated rings. The van der Waals surface area contributed by atoms with Crippen LogP contribution >= 0.6 is 0 Å². The van der Waals surface area contributed by atoms with Gasteiger partial charge in [0.2, 0.25) is 0 Å². The molecule has 2 unspecified atom stereocenters. The van der Waals surface area contributed by atoms with Gasteiger partial charge in [0, 0.05) is 0 Å². The number of carbonyl (C=O) groups is 4. The minimum Gasteiger partial charge on any atom is -0.339 e. The van der Waals surface area contributed by atoms with E-state index >= 15 is 0 Å². The van der Waals surface area contributed by atoms with Crippen LogP contribution in [0.25, 0.3) is 0 Å². The molecule has 4 bridgehead atoms. The predicted molar refractivity (Wildman–Crippen MR) is 151 cm³/mol. The summed E-state index contributed by atoms with van der Waals surface area (Å²) in [6, 6.07) is 7.82. The van der Waals surface area contributed by atoms with Crippen LogP contribution in [0.2, 0.25) is 0 Å². The Balaban J connectivity index is 2.04. The number of nitrogens with one attached hydrogen (secondary N) is 4. The van der Waals surface area contributed by atoms with E-state index in [0.717, 1.165) is 0 Å². The summed E-state index contributed by atoms with van der Waals surface area (Å²) < 4.78 is 0. The Kier molecular flexibility index (Phi) is 10.2. The molecule has 4 N–H and O–H groups in total. The van der Waals surface area contributed by atoms with E-state index < -0.39 is 35.7 Å². The van der Waals surface area contributed by atoms with Gasteiger partial charge in [-0.15, -0.1) is 0 Å². The molecule has 12 heteroatoms. The van der Waals surface area contributed by atoms with Crippen LogP contribution in [-0.2, 0) is 9.59 Å². The third kappa shape index (κ3) is 8.26. The maximum atomic E-state index is 13.1. The van der Waals surface area contributed by atoms with E-state index in [0.29, 0.717) is 35.7 Å². The van der Waals surface area contributed by atoms with E-state index in [-0.39, 0.29) is 23.2 Å². The van der Waals surface area contributed by atoms with Gasteiger partial charge in [-0.25, -0.2) is 20.8 Å². The Bertz CT molecular complexity index is 1240. The van der Waals surface area contributed by atoms with Gasteiger partial charge in [0.25, 0.3) is 23.6 Å². The molecular formula is C28H36N8O4. The highest BCUT2D eigenvalue weighted by Gasteiger charge is 2.26. The van der Waals surface area contributed by atoms with Gasteiger partial charge < -0.3 is 10.6 Å². The number of nitrogens with zero attached hydrogens (tertiary/aromatic N) is 4. The van der Waals surface area contributed by atoms with Crippen molar-refractivity contribution in [1.29, 1.82) is 0 Å². The lowest BCUT2D eigenvalue weighted by atomic mass is 10.0. The largest absolute Gasteiger partial charge is 0.339 e. The molecule has 0 saturated carbocycles. The maximum absolute atomic E-state index is 13.1. The minimum absolute atomic E-state index is 0.0469. The Morgan fingerprint density at radius 2 is 0.975 bits per heavy atom. The lowest BCUT2D eigenvalue weighted by Gasteiger charge is -2.20. The summed E-state index contributed by atoms with van der Waals surface area (Å²) in [5.41, 5.74) is 6.78. The van der Waals surface area contributed by atoms with Crippen LogP contribution in [0.15, 0.2) is 46.6 Å². The number of pyridine rings is 2. The van der Waals surface area contributed by atoms with E-state index in [1.54, 1.807) is 32.0 Å². The molecule has 0 saturated heterocycles. The van der Waals surface area contributed by atoms with E-state index in [1.807, 2.05) is 27.7 Å². The highest BCUT2D eigenvalue weighted by Crippen LogP contribution is 2.10. The molecule has 12 nitrogen and oxygen atoms in total. The normalized spacial score (nSPS) is 21.8. The number of amides is 4. The second-order valence-corrected chi connectivity index (χ2v) is 10.5. The van der Waals surface area contributed by atoms with Gasteiger partial charge in [0.15, 0.2) is 0 Å². The van der Waals surface area contributed by atoms with E-state index in [1.165, 1.54) is 18.2 Å². The van der Waals surface area contributed by atoms with Crippen LogP contribution < -0.4 is 21.5 Å². The van der Waals surface area contributed by atoms with Gasteiger partial charge in [0.1, 0.15) is 23.5 Å². The van der Waals surface area contributed by atoms with Crippen LogP contribution in [0, 0.1) is 11.8 Å². The van der Waals surface area contributed by atoms with Crippen LogP contribution in [0.4, 0.5) is 0 Å². The number of aromatic nitrogens is 2. The summed E-state index contributed by atoms with van der Waals surface area (Å²) in [5, 5.41) is 13.8. The fourth-order valence-corrected chi connectivity index (χ4v) is 3.94. The van der Waals surface area contributed by atoms with Crippen molar-refractivity contribution in [3.63, 3.8) is 0 Å². The fourth-order valence-electron chi connectivity index (χ4n) is 3.94. The smallest absolute Gasteiger partial charge is 0.270 e. The summed E-state index contributed by atoms with van der Waals surface area (Å²) in [7, 11) is 0. The number of carbonyl (C=O) groups excluding carboxylic acids is 4. The number of fused-ring (bicyclic) bond motifs is 4. The van der Waals surface area contributed by atoms with E-state index in [4.69, 9.17) is 0 Å². The molecule has 4 amide bonds. The van der Waals surface area contributed by atoms with Crippen LogP contribution in [0.1, 0.15) is 86.7 Å². The third-order valence-corrected chi connectivity index (χ3v) is 6.03. The first-order valence-corrected chi connectivity index (χ1v) is 13.2. The van der Waals surface area contributed by atoms with Gasteiger partial charge in [0.05, 0.1) is 22.8 Å². The summed E-state index contributed by atoms with van der Waals surface area (Å²) >= 11 is 0. The van der Waals surface area contributed by atoms with Crippen molar-refractivity contribution >= 4 is 35.1 Å². The monoisotopic (exact) mass is 548 g/mol. The summed E-state index contributed by atoms with van der Waals surface area (Å²) in [4.78, 5) is 60.9. The average Bonchev–Trinajstić information content (AvgIpc) is 2.92. The number of hydrogen-bond donors (Lipinski definition) is 4. The SMILES string of the molecule is C/C1=N/NC(=O)C(CC(C)C)NC(=O)c2cccc(n2)C(=O)NC(CC(C)C)C(=O)N/N=C(/C)c2cccc1n2. The zero-order valence-electron chi connectivity index (χ0n) is 23.6. The van der Waals surface area contributed by atoms with Gasteiger partial charge in [-0.2, -0.15) is 10.2 Å². The average molecular weight is 549 g/mol. The number of hydrogen-bond acceptors (Lipinski definition) is 8. The van der Waals surface area contributed by atoms with Crippen molar-refractivity contribution in [3.8, 4) is 0 Å². The van der Waals surface area contributed by atoms with Crippen molar-refractivity contribution in [2.75, 3.05) is 0 Å². The Hall–Kier alpha value is -4.48. The predicted octanol–water partition coefficient (Wildman–Crippen LogP) is 2.16. The summed E-state index contributed by atoms with van der Waals surface area (Å²) in [5.74, 6) is -2.08. The molecule has 1 aliphatic rings. The quantitative estimate of drug-likeness (QED) is 0.457. The molecule has 0 aromatic carbocycles. The van der Waals surface area contributed by atoms with Gasteiger partial charge in [-0.3, -0.25) is 19.2 Å². The molecular weight excluding hydrogens is 512 g/mol. The van der Waals surface area contributed by atoms with Gasteiger partial charge >= 0.3 is 0 Å². The Morgan fingerprint density at radius 3 is 1.35 bits per heavy atom. The highest BCUT2D eigenvalue weighted by atomic mass is 16.2. The highest BCUT2D eigenvalue weighted by molar-refractivity contribution is 6.02. The standard InChI is InChI=1S/C28H36N8O4/c1-15(2)13-23-27(39)35-33-17(5)19-9-7-10-20(29-19)18(6)34-36-28(40)24(14-16(3)4)32-26(38)22-12-8-11-21(30-22)25(37)31-23/h7-12,15-16,23-24H,13-14H2,1-6H3,(H,31,37)(H,32,38)(H,35,39)(H,36,40)/b33-17-,34-18-. The third-order valence-electron chi connectivity index (χ3n) is 6.03. The summed E-state index contributed by atoms with van der Waals surface area (Å²) in [6.07, 6.45) is 0.698. The number of hydrazone groups is 2. The van der Waals surface area contributed by atoms with Gasteiger partial charge in [-0.1, -0.05) is 39.8 Å². The van der Waals surface area contributed by atoms with E-state index in [2.05, 4.69) is 41.7 Å². The second-order valence-electron chi connectivity index (χ2n) is 10.5. The molecule has 0 radical (unpaired) electrons. The van der Waals surface area contributed by atoms with Crippen molar-refractivity contribution < 1.29 is 19.2 Å². The first-order valence-electron chi connectivity index (χ1n) is 13.2. The molecule has 40 heavy (non-hydrogen) atoms. The van der Waals surface area contributed by atoms with Crippen molar-refractivity contribution in [3.05, 3.63) is 59.2 Å². The lowest BCUT2D eigenvalue weighted by molar-refractivity contribution is -0.124. The first kappa shape index (κ1) is 30.1. The van der Waals surface area contributed by atoms with E-state index in [9.17, 15) is 19.2 Å². The van der Waals surface area contributed by atoms with Crippen molar-refractivity contribution in [1.82, 2.24) is 31.5 Å². The molecule has 1 aliphatic heterocycles. The van der Waals surface area contributed by atoms with Crippen LogP contribution in [0.5, 0.6) is 0 Å². The molecule has 0 aliphatic carbocycles. The molecule has 212 valence electrons. The molecule has 2 aromatic heterocycles. The van der Waals surface area contributed by atoms with Crippen LogP contribution in [0.3, 0.4) is 0 Å². The Morgan fingerprint density at radius 1 is 0.625 bits per heavy atom. The molecule has 3 heterocycles. The van der Waals surface area contributed by atoms with Crippen molar-refractivity contribution in [2.24, 2.45) is 22.0 Å². The minimum atomic E-state index is -0.901. The maximum Gasteiger partial charge on any atom is 0.270 e. The zero-order valence-corrected chi connectivity index (χ0v) is 23.6. The van der Waals surface area contributed by atoms with Crippen molar-refractivity contribution in [2.45, 2.75) is 66.5 Å². The zero-order chi connectivity index (χ0) is 29.4. The van der Waals surface area contributed by atoms with Gasteiger partial charge in [-0.05, 0) is 62.8 Å². The first-order chi connectivity index (χ1) is 18.9. The topological polar surface area (TPSA) is 167 Å². The number of rotatable bonds is 4. The molecule has 0 spiro atoms. The molecule has 2 atom stereocenters.